The third-order valence-electron chi connectivity index (χ3n) is 6.05. The molecule has 6 heteroatoms. The number of benzene rings is 2. The Morgan fingerprint density at radius 1 is 0.833 bits per heavy atom. The normalized spacial score (nSPS) is 17.8. The van der Waals surface area contributed by atoms with Crippen LogP contribution in [0.15, 0.2) is 48.5 Å². The Kier molecular flexibility index (Phi) is 5.84. The van der Waals surface area contributed by atoms with Crippen molar-refractivity contribution in [2.45, 2.75) is 32.1 Å². The quantitative estimate of drug-likeness (QED) is 0.787. The first-order chi connectivity index (χ1) is 14.5. The van der Waals surface area contributed by atoms with E-state index in [4.69, 9.17) is 0 Å². The van der Waals surface area contributed by atoms with Gasteiger partial charge in [0, 0.05) is 48.8 Å². The van der Waals surface area contributed by atoms with E-state index in [1.165, 1.54) is 12.1 Å². The van der Waals surface area contributed by atoms with Crippen molar-refractivity contribution < 1.29 is 19.5 Å². The van der Waals surface area contributed by atoms with Crippen LogP contribution in [0.1, 0.15) is 52.8 Å². The minimum absolute atomic E-state index is 0.0398. The minimum Gasteiger partial charge on any atom is -0.508 e. The molecular formula is C24H26N2O4. The van der Waals surface area contributed by atoms with Crippen LogP contribution in [0.25, 0.3) is 0 Å². The Morgan fingerprint density at radius 2 is 1.47 bits per heavy atom. The monoisotopic (exact) mass is 406 g/mol. The second-order valence-electron chi connectivity index (χ2n) is 8.03. The summed E-state index contributed by atoms with van der Waals surface area (Å²) < 4.78 is 0. The van der Waals surface area contributed by atoms with E-state index < -0.39 is 0 Å². The number of hydrogen-bond acceptors (Lipinski definition) is 4. The van der Waals surface area contributed by atoms with Crippen molar-refractivity contribution >= 4 is 23.3 Å². The molecule has 0 radical (unpaired) electrons. The fourth-order valence-electron chi connectivity index (χ4n) is 4.25. The molecule has 2 saturated heterocycles. The predicted octanol–water partition coefficient (Wildman–Crippen LogP) is 3.64. The predicted molar refractivity (Wildman–Crippen MR) is 114 cm³/mol. The molecule has 2 aromatic rings. The van der Waals surface area contributed by atoms with Crippen LogP contribution in [-0.2, 0) is 4.79 Å². The topological polar surface area (TPSA) is 77.9 Å². The fourth-order valence-corrected chi connectivity index (χ4v) is 4.25. The number of phenolic OH excluding ortho intramolecular Hbond substituents is 1. The summed E-state index contributed by atoms with van der Waals surface area (Å²) in [5.74, 6) is 0.203. The van der Waals surface area contributed by atoms with Gasteiger partial charge in [0.1, 0.15) is 5.75 Å². The van der Waals surface area contributed by atoms with Gasteiger partial charge in [-0.3, -0.25) is 14.4 Å². The molecule has 0 bridgehead atoms. The summed E-state index contributed by atoms with van der Waals surface area (Å²) >= 11 is 0. The van der Waals surface area contributed by atoms with E-state index in [1.54, 1.807) is 34.1 Å². The van der Waals surface area contributed by atoms with Gasteiger partial charge in [0.05, 0.1) is 0 Å². The number of piperidine rings is 2. The van der Waals surface area contributed by atoms with Crippen molar-refractivity contribution in [2.75, 3.05) is 24.5 Å². The first-order valence-corrected chi connectivity index (χ1v) is 10.6. The zero-order chi connectivity index (χ0) is 21.1. The molecule has 0 aliphatic carbocycles. The second-order valence-corrected chi connectivity index (χ2v) is 8.03. The molecule has 4 rings (SSSR count). The number of ketones is 1. The number of aromatic hydroxyl groups is 1. The second kappa shape index (κ2) is 8.69. The number of likely N-dealkylation sites (tertiary alicyclic amines) is 1. The first-order valence-electron chi connectivity index (χ1n) is 10.6. The van der Waals surface area contributed by atoms with Gasteiger partial charge in [0.15, 0.2) is 5.78 Å². The summed E-state index contributed by atoms with van der Waals surface area (Å²) in [7, 11) is 0. The Hall–Kier alpha value is -3.15. The number of anilines is 1. The van der Waals surface area contributed by atoms with E-state index in [0.29, 0.717) is 43.5 Å². The number of nitrogens with zero attached hydrogens (tertiary/aromatic N) is 2. The molecule has 2 amide bonds. The van der Waals surface area contributed by atoms with Gasteiger partial charge in [-0.1, -0.05) is 0 Å². The maximum Gasteiger partial charge on any atom is 0.253 e. The Balaban J connectivity index is 1.35. The summed E-state index contributed by atoms with van der Waals surface area (Å²) in [5, 5.41) is 9.38. The SMILES string of the molecule is O=C(c1ccc(O)cc1)C1CCN(C(=O)c2ccc(N3CCCCC3=O)cc2)CC1. The van der Waals surface area contributed by atoms with Crippen LogP contribution in [0.2, 0.25) is 0 Å². The lowest BCUT2D eigenvalue weighted by molar-refractivity contribution is -0.119. The Labute approximate surface area is 176 Å². The van der Waals surface area contributed by atoms with Crippen molar-refractivity contribution in [2.24, 2.45) is 5.92 Å². The Bertz CT molecular complexity index is 929. The van der Waals surface area contributed by atoms with Crippen molar-refractivity contribution in [1.82, 2.24) is 4.90 Å². The highest BCUT2D eigenvalue weighted by molar-refractivity contribution is 5.99. The molecule has 0 saturated carbocycles. The summed E-state index contributed by atoms with van der Waals surface area (Å²) in [6.07, 6.45) is 3.79. The molecule has 2 aliphatic heterocycles. The summed E-state index contributed by atoms with van der Waals surface area (Å²) in [6, 6.07) is 13.6. The number of rotatable bonds is 4. The molecule has 1 N–H and O–H groups in total. The van der Waals surface area contributed by atoms with Crippen molar-refractivity contribution in [3.63, 3.8) is 0 Å². The summed E-state index contributed by atoms with van der Waals surface area (Å²) in [4.78, 5) is 41.2. The van der Waals surface area contributed by atoms with Crippen molar-refractivity contribution in [1.29, 1.82) is 0 Å². The van der Waals surface area contributed by atoms with E-state index in [2.05, 4.69) is 0 Å². The lowest BCUT2D eigenvalue weighted by Crippen LogP contribution is -2.40. The maximum absolute atomic E-state index is 12.9. The van der Waals surface area contributed by atoms with Gasteiger partial charge in [-0.2, -0.15) is 0 Å². The van der Waals surface area contributed by atoms with Gasteiger partial charge >= 0.3 is 0 Å². The number of carbonyl (C=O) groups is 3. The number of Topliss-reactive ketones (excluding diaryl/α,β-unsaturated/α-hetero) is 1. The lowest BCUT2D eigenvalue weighted by atomic mass is 9.88. The maximum atomic E-state index is 12.9. The van der Waals surface area contributed by atoms with Crippen LogP contribution in [-0.4, -0.2) is 47.2 Å². The standard InChI is InChI=1S/C24H26N2O4/c27-21-10-6-17(7-11-21)23(29)18-12-15-25(16-13-18)24(30)19-4-8-20(9-5-19)26-14-2-1-3-22(26)28/h4-11,18,27H,1-3,12-16H2. The van der Waals surface area contributed by atoms with Crippen molar-refractivity contribution in [3.05, 3.63) is 59.7 Å². The molecule has 2 aliphatic rings. The van der Waals surface area contributed by atoms with Crippen LogP contribution >= 0.6 is 0 Å². The number of phenols is 1. The molecule has 0 atom stereocenters. The van der Waals surface area contributed by atoms with Gasteiger partial charge in [0.2, 0.25) is 5.91 Å². The van der Waals surface area contributed by atoms with E-state index >= 15 is 0 Å². The number of hydrogen-bond donors (Lipinski definition) is 1. The third-order valence-corrected chi connectivity index (χ3v) is 6.05. The van der Waals surface area contributed by atoms with Crippen LogP contribution in [0.4, 0.5) is 5.69 Å². The van der Waals surface area contributed by atoms with Gasteiger partial charge in [0.25, 0.3) is 5.91 Å². The molecule has 6 nitrogen and oxygen atoms in total. The van der Waals surface area contributed by atoms with E-state index in [9.17, 15) is 19.5 Å². The smallest absolute Gasteiger partial charge is 0.253 e. The average molecular weight is 406 g/mol. The fraction of sp³-hybridized carbons (Fsp3) is 0.375. The zero-order valence-electron chi connectivity index (χ0n) is 16.9. The highest BCUT2D eigenvalue weighted by Gasteiger charge is 2.28. The molecule has 0 spiro atoms. The van der Waals surface area contributed by atoms with Gasteiger partial charge in [-0.15, -0.1) is 0 Å². The lowest BCUT2D eigenvalue weighted by Gasteiger charge is -2.31. The third kappa shape index (κ3) is 4.22. The van der Waals surface area contributed by atoms with Crippen LogP contribution in [0, 0.1) is 5.92 Å². The van der Waals surface area contributed by atoms with Gasteiger partial charge in [-0.05, 0) is 74.2 Å². The van der Waals surface area contributed by atoms with E-state index in [-0.39, 0.29) is 29.3 Å². The summed E-state index contributed by atoms with van der Waals surface area (Å²) in [6.45, 7) is 1.81. The molecule has 2 aromatic carbocycles. The molecule has 156 valence electrons. The van der Waals surface area contributed by atoms with Gasteiger partial charge in [-0.25, -0.2) is 0 Å². The average Bonchev–Trinajstić information content (AvgIpc) is 2.79. The first kappa shape index (κ1) is 20.1. The molecule has 2 heterocycles. The highest BCUT2D eigenvalue weighted by Crippen LogP contribution is 2.25. The van der Waals surface area contributed by atoms with Crippen LogP contribution < -0.4 is 4.90 Å². The minimum atomic E-state index is -0.105. The van der Waals surface area contributed by atoms with E-state index in [1.807, 2.05) is 12.1 Å². The summed E-state index contributed by atoms with van der Waals surface area (Å²) in [5.41, 5.74) is 2.04. The molecular weight excluding hydrogens is 380 g/mol. The number of amides is 2. The molecule has 2 fully saturated rings. The Morgan fingerprint density at radius 3 is 2.10 bits per heavy atom. The molecule has 30 heavy (non-hydrogen) atoms. The van der Waals surface area contributed by atoms with Crippen LogP contribution in [0.5, 0.6) is 5.75 Å². The van der Waals surface area contributed by atoms with E-state index in [0.717, 1.165) is 25.1 Å². The number of carbonyl (C=O) groups excluding carboxylic acids is 3. The largest absolute Gasteiger partial charge is 0.508 e. The van der Waals surface area contributed by atoms with Crippen molar-refractivity contribution in [3.8, 4) is 5.75 Å². The van der Waals surface area contributed by atoms with Crippen LogP contribution in [0.3, 0.4) is 0 Å². The molecule has 0 unspecified atom stereocenters. The molecule has 0 aromatic heterocycles. The van der Waals surface area contributed by atoms with Gasteiger partial charge < -0.3 is 14.9 Å². The highest BCUT2D eigenvalue weighted by atomic mass is 16.3. The zero-order valence-corrected chi connectivity index (χ0v) is 16.9.